The molecule has 5 heteroatoms. The van der Waals surface area contributed by atoms with E-state index in [1.54, 1.807) is 19.3 Å². The van der Waals surface area contributed by atoms with Crippen LogP contribution >= 0.6 is 0 Å². The molecule has 0 radical (unpaired) electrons. The largest absolute Gasteiger partial charge is 0.355 e. The zero-order chi connectivity index (χ0) is 20.5. The van der Waals surface area contributed by atoms with Crippen molar-refractivity contribution in [2.24, 2.45) is 0 Å². The lowest BCUT2D eigenvalue weighted by Gasteiger charge is -2.13. The quantitative estimate of drug-likeness (QED) is 0.552. The molecule has 146 valence electrons. The third kappa shape index (κ3) is 3.29. The molecule has 1 N–H and O–H groups in total. The van der Waals surface area contributed by atoms with E-state index >= 15 is 0 Å². The van der Waals surface area contributed by atoms with Crippen molar-refractivity contribution in [1.82, 2.24) is 19.9 Å². The normalized spacial score (nSPS) is 11.0. The average molecular weight is 384 g/mol. The molecule has 5 nitrogen and oxygen atoms in total. The second-order valence-corrected chi connectivity index (χ2v) is 7.19. The SMILES string of the molecule is CCn1c(-c2ccccc2-c2ccc(C)cc2C)nc2cc(C(=O)NC)cnc21. The minimum Gasteiger partial charge on any atom is -0.355 e. The van der Waals surface area contributed by atoms with Crippen LogP contribution in [0.15, 0.2) is 54.7 Å². The van der Waals surface area contributed by atoms with Crippen molar-refractivity contribution in [3.63, 3.8) is 0 Å². The molecule has 0 saturated carbocycles. The van der Waals surface area contributed by atoms with E-state index in [2.05, 4.69) is 72.0 Å². The first kappa shape index (κ1) is 18.9. The second kappa shape index (κ2) is 7.51. The van der Waals surface area contributed by atoms with Crippen molar-refractivity contribution < 1.29 is 4.79 Å². The fourth-order valence-corrected chi connectivity index (χ4v) is 3.81. The van der Waals surface area contributed by atoms with Crippen molar-refractivity contribution in [2.45, 2.75) is 27.3 Å². The molecule has 0 aliphatic heterocycles. The first-order chi connectivity index (χ1) is 14.0. The lowest BCUT2D eigenvalue weighted by atomic mass is 9.94. The van der Waals surface area contributed by atoms with E-state index in [1.165, 1.54) is 16.7 Å². The number of imidazole rings is 1. The number of amides is 1. The molecule has 0 aliphatic carbocycles. The summed E-state index contributed by atoms with van der Waals surface area (Å²) in [7, 11) is 1.61. The van der Waals surface area contributed by atoms with Gasteiger partial charge < -0.3 is 9.88 Å². The maximum absolute atomic E-state index is 12.0. The number of carbonyl (C=O) groups is 1. The lowest BCUT2D eigenvalue weighted by Crippen LogP contribution is -2.17. The maximum Gasteiger partial charge on any atom is 0.252 e. The van der Waals surface area contributed by atoms with Crippen molar-refractivity contribution in [2.75, 3.05) is 7.05 Å². The molecule has 29 heavy (non-hydrogen) atoms. The van der Waals surface area contributed by atoms with E-state index in [0.717, 1.165) is 34.7 Å². The third-order valence-corrected chi connectivity index (χ3v) is 5.23. The van der Waals surface area contributed by atoms with Gasteiger partial charge >= 0.3 is 0 Å². The van der Waals surface area contributed by atoms with E-state index in [1.807, 2.05) is 6.07 Å². The Morgan fingerprint density at radius 3 is 2.48 bits per heavy atom. The molecule has 1 amide bonds. The minimum atomic E-state index is -0.164. The highest BCUT2D eigenvalue weighted by atomic mass is 16.1. The molecule has 4 rings (SSSR count). The number of fused-ring (bicyclic) bond motifs is 1. The van der Waals surface area contributed by atoms with Gasteiger partial charge in [0.05, 0.1) is 5.56 Å². The van der Waals surface area contributed by atoms with Crippen LogP contribution in [0.2, 0.25) is 0 Å². The van der Waals surface area contributed by atoms with Crippen LogP contribution in [0.5, 0.6) is 0 Å². The standard InChI is InChI=1S/C24H24N4O/c1-5-28-22(27-21-13-17(24(29)25-4)14-26-23(21)28)20-9-7-6-8-19(20)18-11-10-15(2)12-16(18)3/h6-14H,5H2,1-4H3,(H,25,29). The van der Waals surface area contributed by atoms with Gasteiger partial charge in [-0.2, -0.15) is 0 Å². The monoisotopic (exact) mass is 384 g/mol. The van der Waals surface area contributed by atoms with Gasteiger partial charge in [-0.15, -0.1) is 0 Å². The number of aryl methyl sites for hydroxylation is 3. The predicted octanol–water partition coefficient (Wildman–Crippen LogP) is 4.76. The zero-order valence-electron chi connectivity index (χ0n) is 17.2. The Balaban J connectivity index is 1.94. The Hall–Kier alpha value is -3.47. The van der Waals surface area contributed by atoms with Crippen LogP contribution in [-0.2, 0) is 6.54 Å². The van der Waals surface area contributed by atoms with Gasteiger partial charge in [-0.25, -0.2) is 9.97 Å². The number of rotatable bonds is 4. The molecule has 0 fully saturated rings. The number of hydrogen-bond donors (Lipinski definition) is 1. The highest BCUT2D eigenvalue weighted by Gasteiger charge is 2.18. The van der Waals surface area contributed by atoms with E-state index in [9.17, 15) is 4.79 Å². The van der Waals surface area contributed by atoms with Gasteiger partial charge in [0.1, 0.15) is 11.3 Å². The van der Waals surface area contributed by atoms with Gasteiger partial charge in [-0.05, 0) is 43.5 Å². The molecule has 2 aromatic carbocycles. The molecule has 0 aliphatic rings. The summed E-state index contributed by atoms with van der Waals surface area (Å²) in [4.78, 5) is 21.4. The Bertz CT molecular complexity index is 1220. The van der Waals surface area contributed by atoms with Crippen molar-refractivity contribution in [3.05, 3.63) is 71.4 Å². The summed E-state index contributed by atoms with van der Waals surface area (Å²) in [6.45, 7) is 7.06. The Morgan fingerprint density at radius 2 is 1.79 bits per heavy atom. The first-order valence-corrected chi connectivity index (χ1v) is 9.79. The number of carbonyl (C=O) groups excluding carboxylic acids is 1. The van der Waals surface area contributed by atoms with Crippen molar-refractivity contribution >= 4 is 17.1 Å². The van der Waals surface area contributed by atoms with Crippen molar-refractivity contribution in [1.29, 1.82) is 0 Å². The fraction of sp³-hybridized carbons (Fsp3) is 0.208. The van der Waals surface area contributed by atoms with Crippen LogP contribution in [0.25, 0.3) is 33.7 Å². The molecular formula is C24H24N4O. The first-order valence-electron chi connectivity index (χ1n) is 9.79. The highest BCUT2D eigenvalue weighted by molar-refractivity contribution is 5.96. The predicted molar refractivity (Wildman–Crippen MR) is 117 cm³/mol. The summed E-state index contributed by atoms with van der Waals surface area (Å²) in [6.07, 6.45) is 1.61. The minimum absolute atomic E-state index is 0.164. The van der Waals surface area contributed by atoms with E-state index in [-0.39, 0.29) is 5.91 Å². The zero-order valence-corrected chi connectivity index (χ0v) is 17.2. The molecule has 2 aromatic heterocycles. The highest BCUT2D eigenvalue weighted by Crippen LogP contribution is 2.35. The van der Waals surface area contributed by atoms with Crippen LogP contribution in [0.1, 0.15) is 28.4 Å². The molecular weight excluding hydrogens is 360 g/mol. The van der Waals surface area contributed by atoms with Crippen molar-refractivity contribution in [3.8, 4) is 22.5 Å². The number of pyridine rings is 1. The van der Waals surface area contributed by atoms with Crippen LogP contribution < -0.4 is 5.32 Å². The topological polar surface area (TPSA) is 59.8 Å². The van der Waals surface area contributed by atoms with Gasteiger partial charge in [0.15, 0.2) is 5.65 Å². The molecule has 0 spiro atoms. The van der Waals surface area contributed by atoms with Gasteiger partial charge in [-0.1, -0.05) is 48.0 Å². The smallest absolute Gasteiger partial charge is 0.252 e. The summed E-state index contributed by atoms with van der Waals surface area (Å²) >= 11 is 0. The number of aromatic nitrogens is 3. The van der Waals surface area contributed by atoms with Gasteiger partial charge in [0.2, 0.25) is 0 Å². The molecule has 0 atom stereocenters. The molecule has 0 saturated heterocycles. The molecule has 0 bridgehead atoms. The summed E-state index contributed by atoms with van der Waals surface area (Å²) in [5.41, 5.74) is 7.88. The summed E-state index contributed by atoms with van der Waals surface area (Å²) < 4.78 is 2.10. The maximum atomic E-state index is 12.0. The van der Waals surface area contributed by atoms with E-state index in [4.69, 9.17) is 4.98 Å². The van der Waals surface area contributed by atoms with Crippen LogP contribution in [0.4, 0.5) is 0 Å². The summed E-state index contributed by atoms with van der Waals surface area (Å²) in [6, 6.07) is 16.6. The second-order valence-electron chi connectivity index (χ2n) is 7.19. The molecule has 4 aromatic rings. The van der Waals surface area contributed by atoms with Crippen LogP contribution in [0.3, 0.4) is 0 Å². The Kier molecular flexibility index (Phi) is 4.89. The van der Waals surface area contributed by atoms with Gasteiger partial charge in [-0.3, -0.25) is 4.79 Å². The molecule has 2 heterocycles. The number of hydrogen-bond acceptors (Lipinski definition) is 3. The van der Waals surface area contributed by atoms with Gasteiger partial charge in [0.25, 0.3) is 5.91 Å². The number of benzene rings is 2. The average Bonchev–Trinajstić information content (AvgIpc) is 3.10. The van der Waals surface area contributed by atoms with Crippen LogP contribution in [-0.4, -0.2) is 27.5 Å². The Morgan fingerprint density at radius 1 is 1.03 bits per heavy atom. The summed E-state index contributed by atoms with van der Waals surface area (Å²) in [5.74, 6) is 0.697. The number of nitrogens with zero attached hydrogens (tertiary/aromatic N) is 3. The van der Waals surface area contributed by atoms with E-state index in [0.29, 0.717) is 5.56 Å². The Labute approximate surface area is 170 Å². The number of nitrogens with one attached hydrogen (secondary N) is 1. The third-order valence-electron chi connectivity index (χ3n) is 5.23. The fourth-order valence-electron chi connectivity index (χ4n) is 3.81. The molecule has 0 unspecified atom stereocenters. The summed E-state index contributed by atoms with van der Waals surface area (Å²) in [5, 5.41) is 2.64. The van der Waals surface area contributed by atoms with Gasteiger partial charge in [0, 0.05) is 25.4 Å². The van der Waals surface area contributed by atoms with Crippen LogP contribution in [0, 0.1) is 13.8 Å². The lowest BCUT2D eigenvalue weighted by molar-refractivity contribution is 0.0963. The van der Waals surface area contributed by atoms with E-state index < -0.39 is 0 Å².